The number of pyridine rings is 1. The fourth-order valence-electron chi connectivity index (χ4n) is 3.46. The van der Waals surface area contributed by atoms with Gasteiger partial charge in [0.15, 0.2) is 5.03 Å². The molecule has 0 radical (unpaired) electrons. The first-order chi connectivity index (χ1) is 16.0. The third-order valence-corrected chi connectivity index (χ3v) is 7.23. The zero-order valence-electron chi connectivity index (χ0n) is 17.2. The smallest absolute Gasteiger partial charge is 0.416 e. The number of carboxylic acid groups (broad SMARTS) is 1. The molecule has 0 aliphatic carbocycles. The first-order valence-corrected chi connectivity index (χ1v) is 11.8. The molecule has 0 spiro atoms. The summed E-state index contributed by atoms with van der Waals surface area (Å²) >= 11 is 6.07. The Balaban J connectivity index is 1.89. The molecule has 4 rings (SSSR count). The van der Waals surface area contributed by atoms with Gasteiger partial charge in [-0.15, -0.1) is 0 Å². The molecule has 1 aliphatic heterocycles. The summed E-state index contributed by atoms with van der Waals surface area (Å²) in [6.07, 6.45) is -4.72. The molecular formula is C21H17ClF3N3O5S. The van der Waals surface area contributed by atoms with Gasteiger partial charge in [0.1, 0.15) is 5.37 Å². The van der Waals surface area contributed by atoms with E-state index in [0.717, 1.165) is 12.1 Å². The number of aromatic carboxylic acids is 1. The van der Waals surface area contributed by atoms with Crippen LogP contribution in [-0.2, 0) is 20.8 Å². The van der Waals surface area contributed by atoms with E-state index in [9.17, 15) is 31.5 Å². The number of hydrogen-bond acceptors (Lipinski definition) is 7. The summed E-state index contributed by atoms with van der Waals surface area (Å²) in [6, 6.07) is 7.63. The number of ether oxygens (including phenoxy) is 1. The number of nitrogens with one attached hydrogen (secondary N) is 2. The Morgan fingerprint density at radius 1 is 1.18 bits per heavy atom. The molecule has 34 heavy (non-hydrogen) atoms. The van der Waals surface area contributed by atoms with Crippen molar-refractivity contribution in [2.24, 2.45) is 0 Å². The maximum absolute atomic E-state index is 13.3. The van der Waals surface area contributed by atoms with Crippen molar-refractivity contribution in [3.05, 3.63) is 58.6 Å². The fraction of sp³-hybridized carbons (Fsp3) is 0.238. The zero-order valence-corrected chi connectivity index (χ0v) is 18.8. The van der Waals surface area contributed by atoms with Gasteiger partial charge < -0.3 is 15.2 Å². The van der Waals surface area contributed by atoms with Crippen molar-refractivity contribution in [2.75, 3.05) is 25.1 Å². The van der Waals surface area contributed by atoms with Gasteiger partial charge in [-0.05, 0) is 42.5 Å². The number of morpholine rings is 1. The van der Waals surface area contributed by atoms with Crippen LogP contribution in [0.5, 0.6) is 0 Å². The van der Waals surface area contributed by atoms with Crippen LogP contribution >= 0.6 is 11.6 Å². The average Bonchev–Trinajstić information content (AvgIpc) is 2.79. The van der Waals surface area contributed by atoms with Gasteiger partial charge in [0.05, 0.1) is 41.2 Å². The van der Waals surface area contributed by atoms with Crippen molar-refractivity contribution in [1.82, 2.24) is 10.3 Å². The predicted molar refractivity (Wildman–Crippen MR) is 118 cm³/mol. The lowest BCUT2D eigenvalue weighted by atomic mass is 10.1. The first kappa shape index (κ1) is 24.2. The highest BCUT2D eigenvalue weighted by Gasteiger charge is 2.33. The average molecular weight is 516 g/mol. The van der Waals surface area contributed by atoms with Crippen molar-refractivity contribution in [3.63, 3.8) is 0 Å². The van der Waals surface area contributed by atoms with Crippen LogP contribution in [0.4, 0.5) is 24.5 Å². The lowest BCUT2D eigenvalue weighted by Gasteiger charge is -2.24. The monoisotopic (exact) mass is 515 g/mol. The largest absolute Gasteiger partial charge is 0.478 e. The van der Waals surface area contributed by atoms with E-state index in [0.29, 0.717) is 25.3 Å². The summed E-state index contributed by atoms with van der Waals surface area (Å²) in [5.74, 6) is -1.47. The molecule has 1 atom stereocenters. The maximum atomic E-state index is 13.3. The number of alkyl halides is 3. The zero-order chi connectivity index (χ0) is 24.7. The number of sulfone groups is 1. The van der Waals surface area contributed by atoms with Gasteiger partial charge in [-0.2, -0.15) is 13.2 Å². The maximum Gasteiger partial charge on any atom is 0.416 e. The Morgan fingerprint density at radius 3 is 2.59 bits per heavy atom. The standard InChI is InChI=1S/C21H17ClF3N3O5S/c22-12-2-4-15-14(8-12)17(9-18(28-15)34(31,32)19-10-33-6-5-26-19)27-16-7-11(21(23,24)25)1-3-13(16)20(29)30/h1-4,7-9,19,26H,5-6,10H2,(H,27,28)(H,29,30). The van der Waals surface area contributed by atoms with Gasteiger partial charge in [0, 0.05) is 17.0 Å². The van der Waals surface area contributed by atoms with Gasteiger partial charge in [0.25, 0.3) is 0 Å². The number of nitrogens with zero attached hydrogens (tertiary/aromatic N) is 1. The normalized spacial score (nSPS) is 17.0. The van der Waals surface area contributed by atoms with Crippen LogP contribution in [-0.4, -0.2) is 49.6 Å². The number of aromatic nitrogens is 1. The number of benzene rings is 2. The Bertz CT molecular complexity index is 1380. The van der Waals surface area contributed by atoms with Crippen LogP contribution in [0, 0.1) is 0 Å². The SMILES string of the molecule is O=C(O)c1ccc(C(F)(F)F)cc1Nc1cc(S(=O)(=O)C2COCCN2)nc2ccc(Cl)cc12. The van der Waals surface area contributed by atoms with Crippen LogP contribution in [0.25, 0.3) is 10.9 Å². The minimum absolute atomic E-state index is 0.0182. The molecule has 0 saturated carbocycles. The van der Waals surface area contributed by atoms with Gasteiger partial charge in [-0.3, -0.25) is 5.32 Å². The summed E-state index contributed by atoms with van der Waals surface area (Å²) < 4.78 is 71.4. The topological polar surface area (TPSA) is 118 Å². The summed E-state index contributed by atoms with van der Waals surface area (Å²) in [4.78, 5) is 15.9. The molecule has 2 heterocycles. The number of fused-ring (bicyclic) bond motifs is 1. The lowest BCUT2D eigenvalue weighted by molar-refractivity contribution is -0.137. The van der Waals surface area contributed by atoms with Crippen LogP contribution < -0.4 is 10.6 Å². The Morgan fingerprint density at radius 2 is 1.94 bits per heavy atom. The van der Waals surface area contributed by atoms with E-state index >= 15 is 0 Å². The van der Waals surface area contributed by atoms with Crippen molar-refractivity contribution in [1.29, 1.82) is 0 Å². The molecule has 2 aromatic carbocycles. The Labute approximate surface area is 196 Å². The van der Waals surface area contributed by atoms with Gasteiger partial charge >= 0.3 is 12.1 Å². The number of anilines is 2. The molecule has 1 unspecified atom stereocenters. The van der Waals surface area contributed by atoms with Gasteiger partial charge in [0.2, 0.25) is 9.84 Å². The van der Waals surface area contributed by atoms with Crippen LogP contribution in [0.1, 0.15) is 15.9 Å². The van der Waals surface area contributed by atoms with Crippen molar-refractivity contribution >= 4 is 49.7 Å². The number of carbonyl (C=O) groups is 1. The molecule has 1 aliphatic rings. The molecule has 1 fully saturated rings. The van der Waals surface area contributed by atoms with Crippen LogP contribution in [0.2, 0.25) is 5.02 Å². The highest BCUT2D eigenvalue weighted by atomic mass is 35.5. The van der Waals surface area contributed by atoms with E-state index in [1.807, 2.05) is 0 Å². The number of halogens is 4. The number of carboxylic acids is 1. The van der Waals surface area contributed by atoms with E-state index in [2.05, 4.69) is 15.6 Å². The van der Waals surface area contributed by atoms with Crippen molar-refractivity contribution in [3.8, 4) is 0 Å². The predicted octanol–water partition coefficient (Wildman–Crippen LogP) is 4.07. The molecule has 3 aromatic rings. The fourth-order valence-corrected chi connectivity index (χ4v) is 5.05. The van der Waals surface area contributed by atoms with Crippen LogP contribution in [0.3, 0.4) is 0 Å². The van der Waals surface area contributed by atoms with E-state index < -0.39 is 38.5 Å². The second-order valence-electron chi connectivity index (χ2n) is 7.42. The van der Waals surface area contributed by atoms with E-state index in [-0.39, 0.29) is 38.9 Å². The molecule has 0 amide bonds. The molecule has 13 heteroatoms. The summed E-state index contributed by atoms with van der Waals surface area (Å²) in [5, 5.41) is 14.1. The minimum Gasteiger partial charge on any atom is -0.478 e. The van der Waals surface area contributed by atoms with E-state index in [4.69, 9.17) is 16.3 Å². The minimum atomic E-state index is -4.72. The highest BCUT2D eigenvalue weighted by molar-refractivity contribution is 7.92. The highest BCUT2D eigenvalue weighted by Crippen LogP contribution is 2.36. The first-order valence-electron chi connectivity index (χ1n) is 9.84. The molecule has 1 aromatic heterocycles. The third-order valence-electron chi connectivity index (χ3n) is 5.15. The summed E-state index contributed by atoms with van der Waals surface area (Å²) in [5.41, 5.74) is -1.69. The molecule has 180 valence electrons. The van der Waals surface area contributed by atoms with Gasteiger partial charge in [-0.1, -0.05) is 11.6 Å². The van der Waals surface area contributed by atoms with E-state index in [1.54, 1.807) is 0 Å². The van der Waals surface area contributed by atoms with Gasteiger partial charge in [-0.25, -0.2) is 18.2 Å². The molecule has 1 saturated heterocycles. The molecule has 8 nitrogen and oxygen atoms in total. The van der Waals surface area contributed by atoms with Crippen molar-refractivity contribution < 1.29 is 36.2 Å². The molecular weight excluding hydrogens is 499 g/mol. The van der Waals surface area contributed by atoms with Crippen LogP contribution in [0.15, 0.2) is 47.5 Å². The summed E-state index contributed by atoms with van der Waals surface area (Å²) in [7, 11) is -4.05. The second-order valence-corrected chi connectivity index (χ2v) is 9.93. The third kappa shape index (κ3) is 4.80. The Kier molecular flexibility index (Phi) is 6.42. The summed E-state index contributed by atoms with van der Waals surface area (Å²) in [6.45, 7) is 0.544. The van der Waals surface area contributed by atoms with E-state index in [1.165, 1.54) is 18.2 Å². The Hall–Kier alpha value is -2.93. The lowest BCUT2D eigenvalue weighted by Crippen LogP contribution is -2.46. The number of rotatable bonds is 5. The number of hydrogen-bond donors (Lipinski definition) is 3. The van der Waals surface area contributed by atoms with Crippen molar-refractivity contribution in [2.45, 2.75) is 16.6 Å². The molecule has 0 bridgehead atoms. The quantitative estimate of drug-likeness (QED) is 0.465. The second kappa shape index (κ2) is 9.02. The molecule has 3 N–H and O–H groups in total.